The lowest BCUT2D eigenvalue weighted by molar-refractivity contribution is 0.157. The second-order valence-corrected chi connectivity index (χ2v) is 4.97. The summed E-state index contributed by atoms with van der Waals surface area (Å²) in [5, 5.41) is 3.51. The largest absolute Gasteiger partial charge is 0.316 e. The van der Waals surface area contributed by atoms with Crippen LogP contribution in [0.3, 0.4) is 0 Å². The highest BCUT2D eigenvalue weighted by molar-refractivity contribution is 4.78. The lowest BCUT2D eigenvalue weighted by atomic mass is 9.91. The highest BCUT2D eigenvalue weighted by Crippen LogP contribution is 2.17. The Morgan fingerprint density at radius 1 is 1.38 bits per heavy atom. The molecule has 0 saturated carbocycles. The molecule has 0 aromatic heterocycles. The van der Waals surface area contributed by atoms with Crippen LogP contribution in [0.2, 0.25) is 0 Å². The van der Waals surface area contributed by atoms with E-state index in [0.29, 0.717) is 5.41 Å². The summed E-state index contributed by atoms with van der Waals surface area (Å²) in [6, 6.07) is 0. The molecular formula is C11H24N2. The monoisotopic (exact) mass is 184 g/mol. The summed E-state index contributed by atoms with van der Waals surface area (Å²) in [6.45, 7) is 13.1. The fourth-order valence-electron chi connectivity index (χ4n) is 2.10. The molecule has 1 heterocycles. The Labute approximate surface area is 82.7 Å². The minimum atomic E-state index is 0.440. The number of nitrogens with one attached hydrogen (secondary N) is 1. The molecule has 0 radical (unpaired) electrons. The summed E-state index contributed by atoms with van der Waals surface area (Å²) >= 11 is 0. The van der Waals surface area contributed by atoms with Gasteiger partial charge in [-0.25, -0.2) is 0 Å². The van der Waals surface area contributed by atoms with E-state index in [1.807, 2.05) is 0 Å². The first-order valence-corrected chi connectivity index (χ1v) is 5.57. The topological polar surface area (TPSA) is 15.3 Å². The van der Waals surface area contributed by atoms with Crippen LogP contribution in [0.4, 0.5) is 0 Å². The van der Waals surface area contributed by atoms with Crippen LogP contribution in [0.25, 0.3) is 0 Å². The van der Waals surface area contributed by atoms with Crippen LogP contribution in [0, 0.1) is 5.41 Å². The van der Waals surface area contributed by atoms with E-state index in [1.54, 1.807) is 0 Å². The van der Waals surface area contributed by atoms with E-state index >= 15 is 0 Å². The molecule has 0 bridgehead atoms. The summed E-state index contributed by atoms with van der Waals surface area (Å²) in [6.07, 6.45) is 2.58. The SMILES string of the molecule is CCCN1CCCNCC(C)(C)C1. The molecule has 0 spiro atoms. The van der Waals surface area contributed by atoms with Gasteiger partial charge in [-0.15, -0.1) is 0 Å². The number of rotatable bonds is 2. The molecule has 13 heavy (non-hydrogen) atoms. The molecule has 1 aliphatic rings. The predicted molar refractivity (Wildman–Crippen MR) is 58.0 cm³/mol. The Bertz CT molecular complexity index is 143. The van der Waals surface area contributed by atoms with Crippen molar-refractivity contribution in [3.05, 3.63) is 0 Å². The van der Waals surface area contributed by atoms with Crippen molar-refractivity contribution in [3.8, 4) is 0 Å². The molecule has 2 nitrogen and oxygen atoms in total. The third-order valence-corrected chi connectivity index (χ3v) is 2.62. The van der Waals surface area contributed by atoms with Crippen molar-refractivity contribution in [2.45, 2.75) is 33.6 Å². The first kappa shape index (κ1) is 11.0. The van der Waals surface area contributed by atoms with Crippen molar-refractivity contribution in [1.29, 1.82) is 0 Å². The zero-order chi connectivity index (χ0) is 9.73. The molecule has 78 valence electrons. The minimum absolute atomic E-state index is 0.440. The normalized spacial score (nSPS) is 25.2. The van der Waals surface area contributed by atoms with Gasteiger partial charge in [0.25, 0.3) is 0 Å². The Balaban J connectivity index is 2.43. The summed E-state index contributed by atoms with van der Waals surface area (Å²) in [5.41, 5.74) is 0.440. The Hall–Kier alpha value is -0.0800. The highest BCUT2D eigenvalue weighted by Gasteiger charge is 2.22. The molecule has 2 heteroatoms. The van der Waals surface area contributed by atoms with Gasteiger partial charge in [0, 0.05) is 13.1 Å². The van der Waals surface area contributed by atoms with Crippen molar-refractivity contribution in [3.63, 3.8) is 0 Å². The van der Waals surface area contributed by atoms with E-state index in [9.17, 15) is 0 Å². The highest BCUT2D eigenvalue weighted by atomic mass is 15.1. The number of nitrogens with zero attached hydrogens (tertiary/aromatic N) is 1. The first-order valence-electron chi connectivity index (χ1n) is 5.57. The fourth-order valence-corrected chi connectivity index (χ4v) is 2.10. The van der Waals surface area contributed by atoms with E-state index < -0.39 is 0 Å². The maximum atomic E-state index is 3.51. The van der Waals surface area contributed by atoms with Gasteiger partial charge < -0.3 is 10.2 Å². The molecule has 0 unspecified atom stereocenters. The molecule has 1 fully saturated rings. The van der Waals surface area contributed by atoms with Crippen molar-refractivity contribution >= 4 is 0 Å². The van der Waals surface area contributed by atoms with E-state index in [1.165, 1.54) is 39.0 Å². The van der Waals surface area contributed by atoms with Crippen molar-refractivity contribution in [2.75, 3.05) is 32.7 Å². The molecule has 0 amide bonds. The molecule has 1 rings (SSSR count). The second kappa shape index (κ2) is 4.97. The van der Waals surface area contributed by atoms with Crippen molar-refractivity contribution < 1.29 is 0 Å². The molecule has 1 N–H and O–H groups in total. The van der Waals surface area contributed by atoms with Gasteiger partial charge in [0.15, 0.2) is 0 Å². The van der Waals surface area contributed by atoms with Crippen LogP contribution in [-0.4, -0.2) is 37.6 Å². The minimum Gasteiger partial charge on any atom is -0.316 e. The third-order valence-electron chi connectivity index (χ3n) is 2.62. The molecule has 0 aliphatic carbocycles. The van der Waals surface area contributed by atoms with Crippen LogP contribution < -0.4 is 5.32 Å². The van der Waals surface area contributed by atoms with Crippen LogP contribution in [0.5, 0.6) is 0 Å². The van der Waals surface area contributed by atoms with E-state index in [-0.39, 0.29) is 0 Å². The van der Waals surface area contributed by atoms with Crippen LogP contribution in [-0.2, 0) is 0 Å². The van der Waals surface area contributed by atoms with E-state index in [2.05, 4.69) is 31.0 Å². The summed E-state index contributed by atoms with van der Waals surface area (Å²) < 4.78 is 0. The average molecular weight is 184 g/mol. The van der Waals surface area contributed by atoms with E-state index in [4.69, 9.17) is 0 Å². The lowest BCUT2D eigenvalue weighted by Gasteiger charge is -2.35. The Morgan fingerprint density at radius 2 is 2.15 bits per heavy atom. The van der Waals surface area contributed by atoms with Gasteiger partial charge in [0.1, 0.15) is 0 Å². The van der Waals surface area contributed by atoms with Crippen LogP contribution in [0.15, 0.2) is 0 Å². The zero-order valence-corrected chi connectivity index (χ0v) is 9.40. The molecule has 1 aliphatic heterocycles. The Kier molecular flexibility index (Phi) is 4.20. The van der Waals surface area contributed by atoms with Gasteiger partial charge in [0.2, 0.25) is 0 Å². The molecule has 1 saturated heterocycles. The van der Waals surface area contributed by atoms with Crippen LogP contribution in [0.1, 0.15) is 33.6 Å². The van der Waals surface area contributed by atoms with Gasteiger partial charge in [-0.2, -0.15) is 0 Å². The maximum absolute atomic E-state index is 3.51. The first-order chi connectivity index (χ1) is 6.14. The summed E-state index contributed by atoms with van der Waals surface area (Å²) in [4.78, 5) is 2.61. The lowest BCUT2D eigenvalue weighted by Crippen LogP contribution is -2.44. The maximum Gasteiger partial charge on any atom is 0.00448 e. The predicted octanol–water partition coefficient (Wildman–Crippen LogP) is 1.72. The van der Waals surface area contributed by atoms with Gasteiger partial charge in [-0.05, 0) is 37.9 Å². The summed E-state index contributed by atoms with van der Waals surface area (Å²) in [5.74, 6) is 0. The average Bonchev–Trinajstić information content (AvgIpc) is 2.00. The fraction of sp³-hybridized carbons (Fsp3) is 1.00. The number of hydrogen-bond donors (Lipinski definition) is 1. The van der Waals surface area contributed by atoms with Crippen LogP contribution >= 0.6 is 0 Å². The zero-order valence-electron chi connectivity index (χ0n) is 9.40. The van der Waals surface area contributed by atoms with Crippen molar-refractivity contribution in [2.24, 2.45) is 5.41 Å². The van der Waals surface area contributed by atoms with Gasteiger partial charge >= 0.3 is 0 Å². The van der Waals surface area contributed by atoms with Gasteiger partial charge in [-0.1, -0.05) is 20.8 Å². The van der Waals surface area contributed by atoms with Crippen molar-refractivity contribution in [1.82, 2.24) is 10.2 Å². The number of hydrogen-bond acceptors (Lipinski definition) is 2. The smallest absolute Gasteiger partial charge is 0.00448 e. The second-order valence-electron chi connectivity index (χ2n) is 4.97. The standard InChI is InChI=1S/C11H24N2/c1-4-7-13-8-5-6-12-9-11(2,3)10-13/h12H,4-10H2,1-3H3. The molecular weight excluding hydrogens is 160 g/mol. The van der Waals surface area contributed by atoms with E-state index in [0.717, 1.165) is 6.54 Å². The molecule has 0 aromatic rings. The molecule has 0 aromatic carbocycles. The molecule has 0 atom stereocenters. The van der Waals surface area contributed by atoms with Gasteiger partial charge in [0.05, 0.1) is 0 Å². The summed E-state index contributed by atoms with van der Waals surface area (Å²) in [7, 11) is 0. The van der Waals surface area contributed by atoms with Gasteiger partial charge in [-0.3, -0.25) is 0 Å². The Morgan fingerprint density at radius 3 is 2.85 bits per heavy atom. The quantitative estimate of drug-likeness (QED) is 0.703. The third kappa shape index (κ3) is 4.10.